The first-order chi connectivity index (χ1) is 10.0. The maximum Gasteiger partial charge on any atom is 0.338 e. The fourth-order valence-electron chi connectivity index (χ4n) is 2.33. The Morgan fingerprint density at radius 2 is 1.95 bits per heavy atom. The number of furan rings is 1. The number of ether oxygens (including phenoxy) is 1. The van der Waals surface area contributed by atoms with Crippen LogP contribution < -0.4 is 5.32 Å². The van der Waals surface area contributed by atoms with Crippen molar-refractivity contribution in [2.24, 2.45) is 0 Å². The number of rotatable bonds is 5. The lowest BCUT2D eigenvalue weighted by Crippen LogP contribution is -2.08. The molecule has 0 fully saturated rings. The Kier molecular flexibility index (Phi) is 4.68. The highest BCUT2D eigenvalue weighted by molar-refractivity contribution is 5.89. The van der Waals surface area contributed by atoms with Crippen LogP contribution in [0.2, 0.25) is 0 Å². The van der Waals surface area contributed by atoms with Gasteiger partial charge in [-0.25, -0.2) is 4.79 Å². The Hall–Kier alpha value is -2.23. The molecule has 1 unspecified atom stereocenters. The third kappa shape index (κ3) is 3.66. The van der Waals surface area contributed by atoms with Crippen LogP contribution in [0.3, 0.4) is 0 Å². The molecule has 1 aromatic carbocycles. The van der Waals surface area contributed by atoms with E-state index in [1.165, 1.54) is 0 Å². The van der Waals surface area contributed by atoms with Crippen LogP contribution in [0.15, 0.2) is 34.7 Å². The molecular formula is C17H21NO3. The van der Waals surface area contributed by atoms with Crippen molar-refractivity contribution in [1.29, 1.82) is 0 Å². The topological polar surface area (TPSA) is 51.5 Å². The summed E-state index contributed by atoms with van der Waals surface area (Å²) in [5.41, 5.74) is 2.65. The fourth-order valence-corrected chi connectivity index (χ4v) is 2.33. The lowest BCUT2D eigenvalue weighted by molar-refractivity contribution is 0.0526. The molecule has 0 aliphatic heterocycles. The van der Waals surface area contributed by atoms with E-state index in [1.54, 1.807) is 19.1 Å². The maximum absolute atomic E-state index is 11.6. The van der Waals surface area contributed by atoms with Crippen LogP contribution in [0, 0.1) is 13.8 Å². The standard InChI is InChI=1S/C17H21NO3/c1-5-20-17(19)14-6-8-15(9-7-14)18-12(3)16-10-11(2)21-13(16)4/h6-10,12,18H,5H2,1-4H3. The molecule has 0 saturated carbocycles. The minimum absolute atomic E-state index is 0.135. The van der Waals surface area contributed by atoms with E-state index in [4.69, 9.17) is 9.15 Å². The summed E-state index contributed by atoms with van der Waals surface area (Å²) in [6, 6.07) is 9.47. The van der Waals surface area contributed by atoms with Gasteiger partial charge in [0.1, 0.15) is 11.5 Å². The minimum Gasteiger partial charge on any atom is -0.466 e. The Bertz CT molecular complexity index is 613. The Balaban J connectivity index is 2.06. The third-order valence-electron chi connectivity index (χ3n) is 3.33. The van der Waals surface area contributed by atoms with Crippen LogP contribution in [0.25, 0.3) is 0 Å². The molecule has 112 valence electrons. The molecule has 21 heavy (non-hydrogen) atoms. The average molecular weight is 287 g/mol. The Morgan fingerprint density at radius 1 is 1.29 bits per heavy atom. The van der Waals surface area contributed by atoms with E-state index >= 15 is 0 Å². The van der Waals surface area contributed by atoms with Gasteiger partial charge in [-0.05, 0) is 58.0 Å². The lowest BCUT2D eigenvalue weighted by atomic mass is 10.1. The van der Waals surface area contributed by atoms with Gasteiger partial charge in [0, 0.05) is 11.3 Å². The van der Waals surface area contributed by atoms with E-state index < -0.39 is 0 Å². The molecule has 1 heterocycles. The summed E-state index contributed by atoms with van der Waals surface area (Å²) in [6.45, 7) is 8.16. The zero-order chi connectivity index (χ0) is 15.4. The predicted octanol–water partition coefficient (Wildman–Crippen LogP) is 4.25. The summed E-state index contributed by atoms with van der Waals surface area (Å²) in [5, 5.41) is 3.40. The zero-order valence-corrected chi connectivity index (χ0v) is 12.9. The SMILES string of the molecule is CCOC(=O)c1ccc(NC(C)c2cc(C)oc2C)cc1. The van der Waals surface area contributed by atoms with Crippen molar-refractivity contribution in [3.63, 3.8) is 0 Å². The van der Waals surface area contributed by atoms with E-state index in [2.05, 4.69) is 12.2 Å². The van der Waals surface area contributed by atoms with Gasteiger partial charge in [0.15, 0.2) is 0 Å². The van der Waals surface area contributed by atoms with E-state index in [0.29, 0.717) is 12.2 Å². The molecule has 2 rings (SSSR count). The van der Waals surface area contributed by atoms with Gasteiger partial charge in [0.2, 0.25) is 0 Å². The quantitative estimate of drug-likeness (QED) is 0.835. The number of aryl methyl sites for hydroxylation is 2. The lowest BCUT2D eigenvalue weighted by Gasteiger charge is -2.15. The number of benzene rings is 1. The average Bonchev–Trinajstić information content (AvgIpc) is 2.79. The van der Waals surface area contributed by atoms with E-state index in [0.717, 1.165) is 22.8 Å². The highest BCUT2D eigenvalue weighted by Crippen LogP contribution is 2.25. The van der Waals surface area contributed by atoms with Crippen molar-refractivity contribution in [3.05, 3.63) is 53.0 Å². The van der Waals surface area contributed by atoms with Crippen molar-refractivity contribution in [2.75, 3.05) is 11.9 Å². The number of esters is 1. The highest BCUT2D eigenvalue weighted by Gasteiger charge is 2.13. The summed E-state index contributed by atoms with van der Waals surface area (Å²) in [6.07, 6.45) is 0. The number of hydrogen-bond donors (Lipinski definition) is 1. The second-order valence-corrected chi connectivity index (χ2v) is 5.03. The maximum atomic E-state index is 11.6. The van der Waals surface area contributed by atoms with Gasteiger partial charge in [-0.2, -0.15) is 0 Å². The summed E-state index contributed by atoms with van der Waals surface area (Å²) in [5.74, 6) is 1.54. The van der Waals surface area contributed by atoms with E-state index in [1.807, 2.05) is 32.0 Å². The van der Waals surface area contributed by atoms with Gasteiger partial charge in [-0.15, -0.1) is 0 Å². The molecule has 1 N–H and O–H groups in total. The van der Waals surface area contributed by atoms with Crippen molar-refractivity contribution in [1.82, 2.24) is 0 Å². The molecule has 1 atom stereocenters. The first-order valence-electron chi connectivity index (χ1n) is 7.12. The van der Waals surface area contributed by atoms with Crippen LogP contribution in [0.1, 0.15) is 47.3 Å². The summed E-state index contributed by atoms with van der Waals surface area (Å²) in [4.78, 5) is 11.6. The number of hydrogen-bond acceptors (Lipinski definition) is 4. The minimum atomic E-state index is -0.293. The van der Waals surface area contributed by atoms with Gasteiger partial charge >= 0.3 is 5.97 Å². The molecule has 0 aliphatic rings. The Morgan fingerprint density at radius 3 is 2.48 bits per heavy atom. The Labute approximate surface area is 125 Å². The molecule has 4 heteroatoms. The largest absolute Gasteiger partial charge is 0.466 e. The first-order valence-corrected chi connectivity index (χ1v) is 7.12. The molecule has 0 aliphatic carbocycles. The molecule has 0 bridgehead atoms. The monoisotopic (exact) mass is 287 g/mol. The molecule has 4 nitrogen and oxygen atoms in total. The molecular weight excluding hydrogens is 266 g/mol. The fraction of sp³-hybridized carbons (Fsp3) is 0.353. The molecule has 0 radical (unpaired) electrons. The number of anilines is 1. The smallest absolute Gasteiger partial charge is 0.338 e. The normalized spacial score (nSPS) is 12.0. The number of nitrogens with one attached hydrogen (secondary N) is 1. The van der Waals surface area contributed by atoms with Crippen LogP contribution in [-0.2, 0) is 4.74 Å². The molecule has 0 spiro atoms. The first kappa shape index (κ1) is 15.2. The zero-order valence-electron chi connectivity index (χ0n) is 12.9. The van der Waals surface area contributed by atoms with Gasteiger partial charge in [-0.1, -0.05) is 0 Å². The highest BCUT2D eigenvalue weighted by atomic mass is 16.5. The van der Waals surface area contributed by atoms with Gasteiger partial charge in [-0.3, -0.25) is 0 Å². The van der Waals surface area contributed by atoms with Crippen LogP contribution in [-0.4, -0.2) is 12.6 Å². The summed E-state index contributed by atoms with van der Waals surface area (Å²) in [7, 11) is 0. The van der Waals surface area contributed by atoms with Gasteiger partial charge < -0.3 is 14.5 Å². The molecule has 1 aromatic heterocycles. The van der Waals surface area contributed by atoms with E-state index in [9.17, 15) is 4.79 Å². The van der Waals surface area contributed by atoms with Crippen molar-refractivity contribution >= 4 is 11.7 Å². The predicted molar refractivity (Wildman–Crippen MR) is 82.6 cm³/mol. The second-order valence-electron chi connectivity index (χ2n) is 5.03. The van der Waals surface area contributed by atoms with Crippen LogP contribution >= 0.6 is 0 Å². The van der Waals surface area contributed by atoms with E-state index in [-0.39, 0.29) is 12.0 Å². The van der Waals surface area contributed by atoms with Crippen molar-refractivity contribution < 1.29 is 13.9 Å². The number of carbonyl (C=O) groups excluding carboxylic acids is 1. The summed E-state index contributed by atoms with van der Waals surface area (Å²) >= 11 is 0. The number of carbonyl (C=O) groups is 1. The summed E-state index contributed by atoms with van der Waals surface area (Å²) < 4.78 is 10.5. The second kappa shape index (κ2) is 6.48. The van der Waals surface area contributed by atoms with Gasteiger partial charge in [0.05, 0.1) is 18.2 Å². The van der Waals surface area contributed by atoms with Gasteiger partial charge in [0.25, 0.3) is 0 Å². The van der Waals surface area contributed by atoms with Crippen molar-refractivity contribution in [2.45, 2.75) is 33.7 Å². The van der Waals surface area contributed by atoms with Crippen molar-refractivity contribution in [3.8, 4) is 0 Å². The third-order valence-corrected chi connectivity index (χ3v) is 3.33. The molecule has 0 amide bonds. The molecule has 0 saturated heterocycles. The molecule has 2 aromatic rings. The van der Waals surface area contributed by atoms with Crippen LogP contribution in [0.5, 0.6) is 0 Å². The van der Waals surface area contributed by atoms with Crippen LogP contribution in [0.4, 0.5) is 5.69 Å².